The molecule has 2 aromatic carbocycles. The molecule has 0 aliphatic carbocycles. The van der Waals surface area contributed by atoms with Crippen LogP contribution in [0.25, 0.3) is 10.9 Å². The molecule has 0 bridgehead atoms. The summed E-state index contributed by atoms with van der Waals surface area (Å²) in [5.41, 5.74) is 1.13. The van der Waals surface area contributed by atoms with Crippen LogP contribution in [0.1, 0.15) is 16.8 Å². The first-order valence-electron chi connectivity index (χ1n) is 9.11. The van der Waals surface area contributed by atoms with E-state index in [-0.39, 0.29) is 17.3 Å². The number of nitrogens with zero attached hydrogens (tertiary/aromatic N) is 3. The van der Waals surface area contributed by atoms with Crippen molar-refractivity contribution < 1.29 is 17.9 Å². The molecule has 1 aliphatic rings. The van der Waals surface area contributed by atoms with E-state index in [0.29, 0.717) is 34.9 Å². The third-order valence-electron chi connectivity index (χ3n) is 5.23. The summed E-state index contributed by atoms with van der Waals surface area (Å²) in [6.45, 7) is 0.549. The quantitative estimate of drug-likeness (QED) is 0.631. The molecule has 0 saturated carbocycles. The van der Waals surface area contributed by atoms with Crippen molar-refractivity contribution in [1.82, 2.24) is 14.7 Å². The lowest BCUT2D eigenvalue weighted by Crippen LogP contribution is -2.31. The summed E-state index contributed by atoms with van der Waals surface area (Å²) < 4.78 is 32.7. The Morgan fingerprint density at radius 3 is 2.62 bits per heavy atom. The van der Waals surface area contributed by atoms with Gasteiger partial charge >= 0.3 is 0 Å². The molecule has 1 atom stereocenters. The van der Waals surface area contributed by atoms with E-state index >= 15 is 0 Å². The predicted molar refractivity (Wildman–Crippen MR) is 110 cm³/mol. The summed E-state index contributed by atoms with van der Waals surface area (Å²) >= 11 is 5.85. The number of rotatable bonds is 4. The van der Waals surface area contributed by atoms with E-state index in [1.165, 1.54) is 12.1 Å². The number of benzene rings is 2. The number of ether oxygens (including phenoxy) is 1. The van der Waals surface area contributed by atoms with Crippen LogP contribution >= 0.6 is 11.6 Å². The summed E-state index contributed by atoms with van der Waals surface area (Å²) in [6, 6.07) is 11.4. The number of carbonyl (C=O) groups is 1. The molecule has 0 radical (unpaired) electrons. The van der Waals surface area contributed by atoms with Crippen LogP contribution in [0.2, 0.25) is 5.02 Å². The molecule has 0 N–H and O–H groups in total. The second-order valence-corrected chi connectivity index (χ2v) is 9.69. The van der Waals surface area contributed by atoms with E-state index < -0.39 is 15.1 Å². The molecule has 2 heterocycles. The van der Waals surface area contributed by atoms with Crippen molar-refractivity contribution in [2.75, 3.05) is 20.2 Å². The zero-order valence-electron chi connectivity index (χ0n) is 16.0. The number of aryl methyl sites for hydroxylation is 1. The number of aromatic nitrogens is 2. The van der Waals surface area contributed by atoms with Gasteiger partial charge in [-0.25, -0.2) is 13.1 Å². The van der Waals surface area contributed by atoms with Crippen LogP contribution < -0.4 is 4.74 Å². The molecule has 9 heteroatoms. The van der Waals surface area contributed by atoms with Crippen LogP contribution in [0.15, 0.2) is 47.4 Å². The normalized spacial score (nSPS) is 17.1. The van der Waals surface area contributed by atoms with Crippen molar-refractivity contribution in [3.63, 3.8) is 0 Å². The largest absolute Gasteiger partial charge is 0.481 e. The van der Waals surface area contributed by atoms with Crippen molar-refractivity contribution in [2.45, 2.75) is 16.6 Å². The zero-order chi connectivity index (χ0) is 20.8. The van der Waals surface area contributed by atoms with Gasteiger partial charge in [-0.05, 0) is 48.9 Å². The number of fused-ring (bicyclic) bond motifs is 1. The number of amides is 1. The lowest BCUT2D eigenvalue weighted by atomic mass is 10.1. The van der Waals surface area contributed by atoms with Gasteiger partial charge in [0.05, 0.1) is 28.2 Å². The van der Waals surface area contributed by atoms with E-state index in [2.05, 4.69) is 5.10 Å². The minimum absolute atomic E-state index is 0.160. The Balaban J connectivity index is 1.55. The maximum atomic E-state index is 13.0. The fourth-order valence-corrected chi connectivity index (χ4v) is 5.54. The van der Waals surface area contributed by atoms with E-state index in [0.717, 1.165) is 5.39 Å². The van der Waals surface area contributed by atoms with Crippen LogP contribution in [0.4, 0.5) is 0 Å². The molecule has 7 nitrogen and oxygen atoms in total. The van der Waals surface area contributed by atoms with E-state index in [4.69, 9.17) is 16.3 Å². The van der Waals surface area contributed by atoms with Gasteiger partial charge < -0.3 is 9.64 Å². The summed E-state index contributed by atoms with van der Waals surface area (Å²) in [6.07, 6.45) is 0.399. The highest BCUT2D eigenvalue weighted by molar-refractivity contribution is 7.92. The molecular weight excluding hydrogens is 414 g/mol. The lowest BCUT2D eigenvalue weighted by molar-refractivity contribution is 0.0793. The van der Waals surface area contributed by atoms with Crippen molar-refractivity contribution >= 4 is 38.2 Å². The lowest BCUT2D eigenvalue weighted by Gasteiger charge is -2.17. The SMILES string of the molecule is COc1c2ccc(C(=O)N3CCC(S(=O)(=O)c4ccc(Cl)cc4)C3)cc2nn1C. The standard InChI is InChI=1S/C20H20ClN3O4S/c1-23-20(28-2)17-8-3-13(11-18(17)22-23)19(25)24-10-9-16(12-24)29(26,27)15-6-4-14(21)5-7-15/h3-8,11,16H,9-10,12H2,1-2H3. The fraction of sp³-hybridized carbons (Fsp3) is 0.300. The topological polar surface area (TPSA) is 81.5 Å². The Bertz CT molecular complexity index is 1190. The number of hydrogen-bond donors (Lipinski definition) is 0. The van der Waals surface area contributed by atoms with Crippen LogP contribution in [-0.4, -0.2) is 54.5 Å². The van der Waals surface area contributed by atoms with Gasteiger partial charge in [0.25, 0.3) is 5.91 Å². The van der Waals surface area contributed by atoms with Crippen molar-refractivity contribution in [1.29, 1.82) is 0 Å². The molecule has 3 aromatic rings. The second kappa shape index (κ2) is 7.35. The van der Waals surface area contributed by atoms with Crippen molar-refractivity contribution in [2.24, 2.45) is 7.05 Å². The average Bonchev–Trinajstić information content (AvgIpc) is 3.31. The van der Waals surface area contributed by atoms with Gasteiger partial charge in [0.2, 0.25) is 5.88 Å². The Labute approximate surface area is 173 Å². The van der Waals surface area contributed by atoms with Crippen molar-refractivity contribution in [3.8, 4) is 5.88 Å². The minimum atomic E-state index is -3.53. The number of sulfone groups is 1. The first-order valence-corrected chi connectivity index (χ1v) is 11.0. The molecule has 1 aromatic heterocycles. The summed E-state index contributed by atoms with van der Waals surface area (Å²) in [5, 5.41) is 5.03. The third kappa shape index (κ3) is 3.47. The van der Waals surface area contributed by atoms with Crippen LogP contribution in [0, 0.1) is 0 Å². The molecule has 1 fully saturated rings. The van der Waals surface area contributed by atoms with Gasteiger partial charge in [-0.3, -0.25) is 4.79 Å². The molecule has 1 unspecified atom stereocenters. The highest BCUT2D eigenvalue weighted by Gasteiger charge is 2.36. The number of hydrogen-bond acceptors (Lipinski definition) is 5. The Kier molecular flexibility index (Phi) is 5.00. The summed E-state index contributed by atoms with van der Waals surface area (Å²) in [7, 11) is -0.188. The van der Waals surface area contributed by atoms with Crippen molar-refractivity contribution in [3.05, 3.63) is 53.1 Å². The Morgan fingerprint density at radius 2 is 1.93 bits per heavy atom. The fourth-order valence-electron chi connectivity index (χ4n) is 3.72. The molecule has 1 saturated heterocycles. The van der Waals surface area contributed by atoms with Gasteiger partial charge in [-0.1, -0.05) is 11.6 Å². The third-order valence-corrected chi connectivity index (χ3v) is 7.68. The first-order chi connectivity index (χ1) is 13.8. The molecule has 152 valence electrons. The minimum Gasteiger partial charge on any atom is -0.481 e. The first kappa shape index (κ1) is 19.7. The highest BCUT2D eigenvalue weighted by Crippen LogP contribution is 2.28. The van der Waals surface area contributed by atoms with Gasteiger partial charge in [0.1, 0.15) is 0 Å². The Morgan fingerprint density at radius 1 is 1.21 bits per heavy atom. The maximum Gasteiger partial charge on any atom is 0.253 e. The molecule has 29 heavy (non-hydrogen) atoms. The van der Waals surface area contributed by atoms with Crippen LogP contribution in [-0.2, 0) is 16.9 Å². The monoisotopic (exact) mass is 433 g/mol. The van der Waals surface area contributed by atoms with E-state index in [1.807, 2.05) is 0 Å². The summed E-state index contributed by atoms with van der Waals surface area (Å²) in [4.78, 5) is 14.8. The zero-order valence-corrected chi connectivity index (χ0v) is 17.6. The van der Waals surface area contributed by atoms with Crippen LogP contribution in [0.5, 0.6) is 5.88 Å². The van der Waals surface area contributed by atoms with Gasteiger partial charge in [-0.15, -0.1) is 0 Å². The molecule has 0 spiro atoms. The number of methoxy groups -OCH3 is 1. The highest BCUT2D eigenvalue weighted by atomic mass is 35.5. The van der Waals surface area contributed by atoms with Crippen LogP contribution in [0.3, 0.4) is 0 Å². The van der Waals surface area contributed by atoms with E-state index in [9.17, 15) is 13.2 Å². The second-order valence-electron chi connectivity index (χ2n) is 7.03. The predicted octanol–water partition coefficient (Wildman–Crippen LogP) is 2.92. The molecule has 1 amide bonds. The van der Waals surface area contributed by atoms with Gasteiger partial charge in [0, 0.05) is 30.7 Å². The molecular formula is C20H20ClN3O4S. The number of halogens is 1. The number of carbonyl (C=O) groups excluding carboxylic acids is 1. The molecule has 4 rings (SSSR count). The maximum absolute atomic E-state index is 13.0. The number of likely N-dealkylation sites (tertiary alicyclic amines) is 1. The smallest absolute Gasteiger partial charge is 0.253 e. The summed E-state index contributed by atoms with van der Waals surface area (Å²) in [5.74, 6) is 0.416. The average molecular weight is 434 g/mol. The van der Waals surface area contributed by atoms with E-state index in [1.54, 1.807) is 54.1 Å². The Hall–Kier alpha value is -2.58. The molecule has 1 aliphatic heterocycles. The van der Waals surface area contributed by atoms with Gasteiger partial charge in [-0.2, -0.15) is 5.10 Å². The van der Waals surface area contributed by atoms with Gasteiger partial charge in [0.15, 0.2) is 9.84 Å².